The standard InChI is InChI=1S/C19H24O3/c1-21-17-9-5-8-15(19(17)22-2)12-14-10-11-16(18(14)20)13-6-3-4-7-13/h5,8-9,12-13,16H,3-4,6-7,10-11H2,1-2H3/b14-12+/t16-/m0/s1. The minimum atomic E-state index is 0.255. The second-order valence-corrected chi connectivity index (χ2v) is 6.31. The van der Waals surface area contributed by atoms with Crippen LogP contribution in [0.1, 0.15) is 44.1 Å². The average molecular weight is 300 g/mol. The lowest BCUT2D eigenvalue weighted by Gasteiger charge is -2.15. The van der Waals surface area contributed by atoms with Gasteiger partial charge >= 0.3 is 0 Å². The molecule has 22 heavy (non-hydrogen) atoms. The summed E-state index contributed by atoms with van der Waals surface area (Å²) in [7, 11) is 3.27. The van der Waals surface area contributed by atoms with E-state index in [0.29, 0.717) is 23.2 Å². The lowest BCUT2D eigenvalue weighted by Crippen LogP contribution is -2.16. The van der Waals surface area contributed by atoms with E-state index in [1.54, 1.807) is 14.2 Å². The molecule has 0 aliphatic heterocycles. The molecule has 2 saturated carbocycles. The van der Waals surface area contributed by atoms with Gasteiger partial charge in [-0.05, 0) is 49.3 Å². The molecule has 2 fully saturated rings. The van der Waals surface area contributed by atoms with Gasteiger partial charge in [-0.3, -0.25) is 4.79 Å². The third-order valence-corrected chi connectivity index (χ3v) is 5.11. The second-order valence-electron chi connectivity index (χ2n) is 6.31. The number of para-hydroxylation sites is 1. The fraction of sp³-hybridized carbons (Fsp3) is 0.526. The van der Waals surface area contributed by atoms with Crippen LogP contribution in [0.15, 0.2) is 23.8 Å². The topological polar surface area (TPSA) is 35.5 Å². The van der Waals surface area contributed by atoms with Crippen LogP contribution >= 0.6 is 0 Å². The molecule has 0 heterocycles. The van der Waals surface area contributed by atoms with Crippen LogP contribution in [0, 0.1) is 11.8 Å². The molecule has 3 rings (SSSR count). The molecule has 0 N–H and O–H groups in total. The van der Waals surface area contributed by atoms with Gasteiger partial charge in [-0.25, -0.2) is 0 Å². The maximum absolute atomic E-state index is 12.7. The lowest BCUT2D eigenvalue weighted by atomic mass is 9.88. The van der Waals surface area contributed by atoms with Crippen molar-refractivity contribution in [2.24, 2.45) is 11.8 Å². The molecule has 0 spiro atoms. The van der Waals surface area contributed by atoms with E-state index >= 15 is 0 Å². The number of rotatable bonds is 4. The minimum Gasteiger partial charge on any atom is -0.493 e. The number of ether oxygens (including phenoxy) is 2. The Balaban J connectivity index is 1.85. The first-order chi connectivity index (χ1) is 10.7. The molecule has 0 amide bonds. The van der Waals surface area contributed by atoms with Gasteiger partial charge in [0, 0.05) is 11.5 Å². The van der Waals surface area contributed by atoms with Crippen molar-refractivity contribution in [3.63, 3.8) is 0 Å². The van der Waals surface area contributed by atoms with E-state index in [4.69, 9.17) is 9.47 Å². The highest BCUT2D eigenvalue weighted by molar-refractivity contribution is 6.03. The molecule has 0 radical (unpaired) electrons. The Kier molecular flexibility index (Phi) is 4.51. The fourth-order valence-corrected chi connectivity index (χ4v) is 3.97. The van der Waals surface area contributed by atoms with Gasteiger partial charge in [0.25, 0.3) is 0 Å². The quantitative estimate of drug-likeness (QED) is 0.780. The Hall–Kier alpha value is -1.77. The molecule has 1 atom stereocenters. The van der Waals surface area contributed by atoms with Crippen LogP contribution < -0.4 is 9.47 Å². The summed E-state index contributed by atoms with van der Waals surface area (Å²) < 4.78 is 10.8. The number of Topliss-reactive ketones (excluding diaryl/α,β-unsaturated/α-hetero) is 1. The summed E-state index contributed by atoms with van der Waals surface area (Å²) in [4.78, 5) is 12.7. The summed E-state index contributed by atoms with van der Waals surface area (Å²) >= 11 is 0. The molecule has 0 unspecified atom stereocenters. The summed E-state index contributed by atoms with van der Waals surface area (Å²) in [6.45, 7) is 0. The largest absolute Gasteiger partial charge is 0.493 e. The molecular formula is C19H24O3. The maximum Gasteiger partial charge on any atom is 0.167 e. The van der Waals surface area contributed by atoms with Gasteiger partial charge < -0.3 is 9.47 Å². The summed E-state index contributed by atoms with van der Waals surface area (Å²) in [5, 5.41) is 0. The van der Waals surface area contributed by atoms with Crippen LogP contribution in [0.4, 0.5) is 0 Å². The number of ketones is 1. The zero-order valence-electron chi connectivity index (χ0n) is 13.4. The molecule has 0 aromatic heterocycles. The molecule has 1 aromatic rings. The number of allylic oxidation sites excluding steroid dienone is 1. The zero-order chi connectivity index (χ0) is 15.5. The summed E-state index contributed by atoms with van der Waals surface area (Å²) in [6.07, 6.45) is 8.94. The molecular weight excluding hydrogens is 276 g/mol. The van der Waals surface area contributed by atoms with Gasteiger partial charge in [0.15, 0.2) is 17.3 Å². The SMILES string of the molecule is COc1cccc(/C=C2\CC[C@@H](C3CCCC3)C2=O)c1OC. The molecule has 2 aliphatic carbocycles. The number of hydrogen-bond acceptors (Lipinski definition) is 3. The predicted octanol–water partition coefficient (Wildman–Crippen LogP) is 4.26. The Morgan fingerprint density at radius 1 is 1.09 bits per heavy atom. The third kappa shape index (κ3) is 2.77. The van der Waals surface area contributed by atoms with E-state index in [2.05, 4.69) is 0 Å². The highest BCUT2D eigenvalue weighted by Crippen LogP contribution is 2.41. The van der Waals surface area contributed by atoms with Crippen LogP contribution in [0.5, 0.6) is 11.5 Å². The zero-order valence-corrected chi connectivity index (χ0v) is 13.4. The van der Waals surface area contributed by atoms with Crippen LogP contribution in [-0.2, 0) is 4.79 Å². The van der Waals surface area contributed by atoms with E-state index in [1.165, 1.54) is 25.7 Å². The van der Waals surface area contributed by atoms with Crippen molar-refractivity contribution < 1.29 is 14.3 Å². The third-order valence-electron chi connectivity index (χ3n) is 5.11. The van der Waals surface area contributed by atoms with E-state index in [0.717, 1.165) is 24.0 Å². The Morgan fingerprint density at radius 2 is 1.86 bits per heavy atom. The van der Waals surface area contributed by atoms with Crippen LogP contribution in [0.3, 0.4) is 0 Å². The summed E-state index contributed by atoms with van der Waals surface area (Å²) in [5.74, 6) is 2.64. The Morgan fingerprint density at radius 3 is 2.55 bits per heavy atom. The van der Waals surface area contributed by atoms with Crippen molar-refractivity contribution in [3.8, 4) is 11.5 Å². The van der Waals surface area contributed by atoms with Crippen molar-refractivity contribution in [2.75, 3.05) is 14.2 Å². The molecule has 118 valence electrons. The normalized spacial score (nSPS) is 24.2. The highest BCUT2D eigenvalue weighted by Gasteiger charge is 2.36. The van der Waals surface area contributed by atoms with Crippen molar-refractivity contribution in [2.45, 2.75) is 38.5 Å². The first-order valence-corrected chi connectivity index (χ1v) is 8.20. The maximum atomic E-state index is 12.7. The van der Waals surface area contributed by atoms with E-state index in [1.807, 2.05) is 24.3 Å². The molecule has 3 heteroatoms. The minimum absolute atomic E-state index is 0.255. The van der Waals surface area contributed by atoms with Crippen LogP contribution in [0.2, 0.25) is 0 Å². The van der Waals surface area contributed by atoms with Crippen LogP contribution in [-0.4, -0.2) is 20.0 Å². The number of benzene rings is 1. The van der Waals surface area contributed by atoms with E-state index in [9.17, 15) is 4.79 Å². The predicted molar refractivity (Wildman–Crippen MR) is 87.2 cm³/mol. The van der Waals surface area contributed by atoms with Crippen molar-refractivity contribution in [1.29, 1.82) is 0 Å². The molecule has 0 saturated heterocycles. The lowest BCUT2D eigenvalue weighted by molar-refractivity contribution is -0.119. The molecule has 2 aliphatic rings. The Bertz CT molecular complexity index is 582. The number of hydrogen-bond donors (Lipinski definition) is 0. The van der Waals surface area contributed by atoms with Gasteiger partial charge in [-0.15, -0.1) is 0 Å². The van der Waals surface area contributed by atoms with Crippen molar-refractivity contribution in [1.82, 2.24) is 0 Å². The van der Waals surface area contributed by atoms with Crippen molar-refractivity contribution >= 4 is 11.9 Å². The van der Waals surface area contributed by atoms with Gasteiger partial charge in [0.2, 0.25) is 0 Å². The van der Waals surface area contributed by atoms with Gasteiger partial charge in [-0.1, -0.05) is 25.0 Å². The van der Waals surface area contributed by atoms with Gasteiger partial charge in [0.1, 0.15) is 0 Å². The smallest absolute Gasteiger partial charge is 0.167 e. The molecule has 1 aromatic carbocycles. The Labute approximate surface area is 132 Å². The number of carbonyl (C=O) groups is 1. The average Bonchev–Trinajstić information content (AvgIpc) is 3.18. The van der Waals surface area contributed by atoms with Gasteiger partial charge in [-0.2, -0.15) is 0 Å². The van der Waals surface area contributed by atoms with E-state index in [-0.39, 0.29) is 5.92 Å². The molecule has 0 bridgehead atoms. The number of methoxy groups -OCH3 is 2. The summed E-state index contributed by atoms with van der Waals surface area (Å²) in [6, 6.07) is 5.78. The monoisotopic (exact) mass is 300 g/mol. The summed E-state index contributed by atoms with van der Waals surface area (Å²) in [5.41, 5.74) is 1.88. The first-order valence-electron chi connectivity index (χ1n) is 8.20. The van der Waals surface area contributed by atoms with Gasteiger partial charge in [0.05, 0.1) is 14.2 Å². The van der Waals surface area contributed by atoms with E-state index < -0.39 is 0 Å². The highest BCUT2D eigenvalue weighted by atomic mass is 16.5. The molecule has 3 nitrogen and oxygen atoms in total. The van der Waals surface area contributed by atoms with Crippen LogP contribution in [0.25, 0.3) is 6.08 Å². The number of carbonyl (C=O) groups excluding carboxylic acids is 1. The first kappa shape index (κ1) is 15.1. The second kappa shape index (κ2) is 6.55. The fourth-order valence-electron chi connectivity index (χ4n) is 3.97. The van der Waals surface area contributed by atoms with Crippen molar-refractivity contribution in [3.05, 3.63) is 29.3 Å².